The summed E-state index contributed by atoms with van der Waals surface area (Å²) >= 11 is 0. The molecule has 2 saturated heterocycles. The third-order valence-electron chi connectivity index (χ3n) is 5.29. The maximum atomic E-state index is 5.92. The number of hydrogen-bond acceptors (Lipinski definition) is 5. The summed E-state index contributed by atoms with van der Waals surface area (Å²) < 4.78 is 11.8. The van der Waals surface area contributed by atoms with Crippen LogP contribution in [0.2, 0.25) is 0 Å². The van der Waals surface area contributed by atoms with Gasteiger partial charge in [-0.2, -0.15) is 0 Å². The summed E-state index contributed by atoms with van der Waals surface area (Å²) in [6.07, 6.45) is 0.363. The molecule has 0 spiro atoms. The van der Waals surface area contributed by atoms with Gasteiger partial charge in [0.05, 0.1) is 12.7 Å². The molecule has 2 fully saturated rings. The number of morpholine rings is 1. The molecule has 5 nitrogen and oxygen atoms in total. The van der Waals surface area contributed by atoms with E-state index < -0.39 is 0 Å². The molecule has 5 heteroatoms. The monoisotopic (exact) mass is 347 g/mol. The summed E-state index contributed by atoms with van der Waals surface area (Å²) in [6.45, 7) is 13.6. The standard InChI is InChI=1S/C20H33N3O2/c1-17-5-4-6-19(13-17)24-12-10-23-8-7-22(14-18(23)2)16-20-15-21(3)9-11-25-20/h4-6,13,18,20H,7-12,14-16H2,1-3H3/t18-,20-/m0/s1. The van der Waals surface area contributed by atoms with Gasteiger partial charge in [0, 0.05) is 51.9 Å². The minimum Gasteiger partial charge on any atom is -0.492 e. The van der Waals surface area contributed by atoms with Crippen molar-refractivity contribution in [1.82, 2.24) is 14.7 Å². The highest BCUT2D eigenvalue weighted by molar-refractivity contribution is 5.27. The molecule has 1 aromatic rings. The van der Waals surface area contributed by atoms with Crippen LogP contribution in [0.15, 0.2) is 24.3 Å². The molecule has 25 heavy (non-hydrogen) atoms. The fraction of sp³-hybridized carbons (Fsp3) is 0.700. The van der Waals surface area contributed by atoms with Crippen molar-refractivity contribution in [3.8, 4) is 5.75 Å². The van der Waals surface area contributed by atoms with E-state index in [4.69, 9.17) is 9.47 Å². The average molecular weight is 348 g/mol. The minimum absolute atomic E-state index is 0.363. The van der Waals surface area contributed by atoms with Gasteiger partial charge in [0.2, 0.25) is 0 Å². The van der Waals surface area contributed by atoms with E-state index >= 15 is 0 Å². The largest absolute Gasteiger partial charge is 0.492 e. The molecule has 0 radical (unpaired) electrons. The van der Waals surface area contributed by atoms with Crippen LogP contribution in [0.1, 0.15) is 12.5 Å². The Bertz CT molecular complexity index is 539. The second-order valence-electron chi connectivity index (χ2n) is 7.56. The number of aryl methyl sites for hydroxylation is 1. The lowest BCUT2D eigenvalue weighted by Crippen LogP contribution is -2.55. The van der Waals surface area contributed by atoms with E-state index in [1.54, 1.807) is 0 Å². The van der Waals surface area contributed by atoms with E-state index in [2.05, 4.69) is 53.8 Å². The van der Waals surface area contributed by atoms with Crippen LogP contribution in [0, 0.1) is 6.92 Å². The van der Waals surface area contributed by atoms with Gasteiger partial charge >= 0.3 is 0 Å². The Morgan fingerprint density at radius 2 is 2.08 bits per heavy atom. The molecule has 1 aromatic carbocycles. The van der Waals surface area contributed by atoms with Crippen LogP contribution in [-0.4, -0.2) is 92.9 Å². The fourth-order valence-electron chi connectivity index (χ4n) is 3.82. The van der Waals surface area contributed by atoms with Crippen molar-refractivity contribution < 1.29 is 9.47 Å². The Hall–Kier alpha value is -1.14. The third kappa shape index (κ3) is 5.68. The van der Waals surface area contributed by atoms with E-state index in [-0.39, 0.29) is 0 Å². The molecule has 0 N–H and O–H groups in total. The smallest absolute Gasteiger partial charge is 0.119 e. The first-order chi connectivity index (χ1) is 12.1. The number of benzene rings is 1. The summed E-state index contributed by atoms with van der Waals surface area (Å²) in [5.74, 6) is 0.977. The Morgan fingerprint density at radius 1 is 1.20 bits per heavy atom. The highest BCUT2D eigenvalue weighted by Gasteiger charge is 2.27. The first-order valence-electron chi connectivity index (χ1n) is 9.56. The fourth-order valence-corrected chi connectivity index (χ4v) is 3.82. The van der Waals surface area contributed by atoms with Crippen molar-refractivity contribution in [2.75, 3.05) is 66.1 Å². The van der Waals surface area contributed by atoms with Gasteiger partial charge in [-0.05, 0) is 38.6 Å². The lowest BCUT2D eigenvalue weighted by Gasteiger charge is -2.42. The van der Waals surface area contributed by atoms with Crippen LogP contribution in [0.3, 0.4) is 0 Å². The van der Waals surface area contributed by atoms with Crippen molar-refractivity contribution in [2.24, 2.45) is 0 Å². The highest BCUT2D eigenvalue weighted by atomic mass is 16.5. The molecule has 2 atom stereocenters. The maximum absolute atomic E-state index is 5.92. The SMILES string of the molecule is Cc1cccc(OCCN2CCN(C[C@@H]3CN(C)CCO3)C[C@@H]2C)c1. The van der Waals surface area contributed by atoms with Gasteiger partial charge in [0.15, 0.2) is 0 Å². The lowest BCUT2D eigenvalue weighted by molar-refractivity contribution is -0.0458. The second-order valence-corrected chi connectivity index (χ2v) is 7.56. The van der Waals surface area contributed by atoms with Crippen LogP contribution in [0.25, 0.3) is 0 Å². The van der Waals surface area contributed by atoms with Crippen LogP contribution >= 0.6 is 0 Å². The van der Waals surface area contributed by atoms with Crippen LogP contribution in [0.4, 0.5) is 0 Å². The van der Waals surface area contributed by atoms with E-state index in [0.29, 0.717) is 12.1 Å². The maximum Gasteiger partial charge on any atom is 0.119 e. The summed E-state index contributed by atoms with van der Waals surface area (Å²) in [5, 5.41) is 0. The third-order valence-corrected chi connectivity index (χ3v) is 5.29. The predicted octanol–water partition coefficient (Wildman–Crippen LogP) is 1.71. The summed E-state index contributed by atoms with van der Waals surface area (Å²) in [7, 11) is 2.18. The molecule has 0 aliphatic carbocycles. The van der Waals surface area contributed by atoms with Crippen molar-refractivity contribution in [3.05, 3.63) is 29.8 Å². The Kier molecular flexibility index (Phi) is 6.70. The number of hydrogen-bond donors (Lipinski definition) is 0. The molecular formula is C20H33N3O2. The van der Waals surface area contributed by atoms with Gasteiger partial charge in [-0.3, -0.25) is 9.80 Å². The molecule has 0 aromatic heterocycles. The number of nitrogens with zero attached hydrogens (tertiary/aromatic N) is 3. The zero-order valence-electron chi connectivity index (χ0n) is 16.0. The molecule has 0 saturated carbocycles. The van der Waals surface area contributed by atoms with Crippen molar-refractivity contribution in [3.63, 3.8) is 0 Å². The number of piperazine rings is 1. The van der Waals surface area contributed by atoms with Gasteiger partial charge in [-0.15, -0.1) is 0 Å². The number of likely N-dealkylation sites (N-methyl/N-ethyl adjacent to an activating group) is 1. The predicted molar refractivity (Wildman–Crippen MR) is 101 cm³/mol. The number of rotatable bonds is 6. The topological polar surface area (TPSA) is 28.2 Å². The molecule has 2 heterocycles. The zero-order valence-corrected chi connectivity index (χ0v) is 16.0. The van der Waals surface area contributed by atoms with E-state index in [1.165, 1.54) is 5.56 Å². The molecule has 0 unspecified atom stereocenters. The number of ether oxygens (including phenoxy) is 2. The van der Waals surface area contributed by atoms with Crippen LogP contribution in [-0.2, 0) is 4.74 Å². The lowest BCUT2D eigenvalue weighted by atomic mass is 10.1. The molecule has 0 bridgehead atoms. The normalized spacial score (nSPS) is 26.7. The summed E-state index contributed by atoms with van der Waals surface area (Å²) in [6, 6.07) is 8.85. The van der Waals surface area contributed by atoms with E-state index in [1.807, 2.05) is 6.07 Å². The summed E-state index contributed by atoms with van der Waals surface area (Å²) in [5.41, 5.74) is 1.25. The first kappa shape index (κ1) is 18.6. The molecule has 2 aliphatic rings. The highest BCUT2D eigenvalue weighted by Crippen LogP contribution is 2.14. The molecule has 140 valence electrons. The van der Waals surface area contributed by atoms with E-state index in [0.717, 1.165) is 64.8 Å². The Labute approximate surface area is 152 Å². The van der Waals surface area contributed by atoms with Gasteiger partial charge in [0.25, 0.3) is 0 Å². The van der Waals surface area contributed by atoms with Gasteiger partial charge in [0.1, 0.15) is 12.4 Å². The van der Waals surface area contributed by atoms with Crippen molar-refractivity contribution in [2.45, 2.75) is 26.0 Å². The van der Waals surface area contributed by atoms with Gasteiger partial charge < -0.3 is 14.4 Å². The zero-order chi connectivity index (χ0) is 17.6. The van der Waals surface area contributed by atoms with E-state index in [9.17, 15) is 0 Å². The Morgan fingerprint density at radius 3 is 2.84 bits per heavy atom. The van der Waals surface area contributed by atoms with Crippen LogP contribution in [0.5, 0.6) is 5.75 Å². The average Bonchev–Trinajstić information content (AvgIpc) is 2.57. The Balaban J connectivity index is 1.38. The van der Waals surface area contributed by atoms with Crippen molar-refractivity contribution in [1.29, 1.82) is 0 Å². The summed E-state index contributed by atoms with van der Waals surface area (Å²) in [4.78, 5) is 7.48. The minimum atomic E-state index is 0.363. The quantitative estimate of drug-likeness (QED) is 0.781. The van der Waals surface area contributed by atoms with Gasteiger partial charge in [-0.25, -0.2) is 0 Å². The first-order valence-corrected chi connectivity index (χ1v) is 9.56. The van der Waals surface area contributed by atoms with Crippen LogP contribution < -0.4 is 4.74 Å². The van der Waals surface area contributed by atoms with Crippen molar-refractivity contribution >= 4 is 0 Å². The molecule has 2 aliphatic heterocycles. The molecule has 3 rings (SSSR count). The second kappa shape index (κ2) is 8.99. The van der Waals surface area contributed by atoms with Gasteiger partial charge in [-0.1, -0.05) is 12.1 Å². The molecule has 0 amide bonds. The molecular weight excluding hydrogens is 314 g/mol.